The van der Waals surface area contributed by atoms with E-state index >= 15 is 0 Å². The Morgan fingerprint density at radius 3 is 2.70 bits per heavy atom. The van der Waals surface area contributed by atoms with Gasteiger partial charge in [0.1, 0.15) is 11.6 Å². The Bertz CT molecular complexity index is 1220. The normalized spacial score (nSPS) is 19.6. The van der Waals surface area contributed by atoms with Crippen LogP contribution in [0.2, 0.25) is 0 Å². The number of hydrogen-bond acceptors (Lipinski definition) is 7. The van der Waals surface area contributed by atoms with Gasteiger partial charge in [-0.05, 0) is 30.0 Å². The number of nitriles is 1. The lowest BCUT2D eigenvalue weighted by Gasteiger charge is -2.43. The Hall–Kier alpha value is -4.12. The second kappa shape index (κ2) is 8.43. The van der Waals surface area contributed by atoms with Crippen molar-refractivity contribution in [2.75, 3.05) is 7.11 Å². The number of ether oxygens (including phenoxy) is 1. The molecule has 1 aliphatic heterocycles. The molecule has 0 bridgehead atoms. The van der Waals surface area contributed by atoms with Crippen molar-refractivity contribution in [2.24, 2.45) is 11.1 Å². The van der Waals surface area contributed by atoms with Crippen molar-refractivity contribution >= 4 is 11.7 Å². The average Bonchev–Trinajstić information content (AvgIpc) is 2.80. The minimum Gasteiger partial charge on any atom is -0.496 e. The van der Waals surface area contributed by atoms with Crippen molar-refractivity contribution in [3.8, 4) is 11.8 Å². The lowest BCUT2D eigenvalue weighted by Crippen LogP contribution is -2.49. The second-order valence-electron chi connectivity index (χ2n) is 8.91. The average molecular weight is 444 g/mol. The number of para-hydroxylation sites is 1. The molecule has 33 heavy (non-hydrogen) atoms. The van der Waals surface area contributed by atoms with Gasteiger partial charge in [0.05, 0.1) is 35.9 Å². The van der Waals surface area contributed by atoms with Gasteiger partial charge in [0, 0.05) is 30.0 Å². The summed E-state index contributed by atoms with van der Waals surface area (Å²) in [6.45, 7) is 3.99. The first-order chi connectivity index (χ1) is 15.8. The summed E-state index contributed by atoms with van der Waals surface area (Å²) in [5.41, 5.74) is 11.2. The predicted octanol–water partition coefficient (Wildman–Crippen LogP) is 3.17. The number of hydrazine groups is 1. The Kier molecular flexibility index (Phi) is 5.64. The molecule has 0 spiro atoms. The standard InChI is InChI=1S/C25H25N5O3/c1-25(2)11-18-22(19(31)12-25)21(16-8-4-5-9-20(16)33-3)17(13-26)23(27)30(18)29-24(32)15-7-6-10-28-14-15/h4-10,14,21H,11-12,27H2,1-3H3,(H,29,32). The first-order valence-corrected chi connectivity index (χ1v) is 10.6. The lowest BCUT2D eigenvalue weighted by molar-refractivity contribution is -0.118. The number of hydrogen-bond donors (Lipinski definition) is 2. The van der Waals surface area contributed by atoms with Crippen LogP contribution in [0.25, 0.3) is 0 Å². The van der Waals surface area contributed by atoms with Gasteiger partial charge in [-0.2, -0.15) is 5.26 Å². The second-order valence-corrected chi connectivity index (χ2v) is 8.91. The minimum absolute atomic E-state index is 0.0786. The van der Waals surface area contributed by atoms with Crippen molar-refractivity contribution in [1.82, 2.24) is 15.4 Å². The van der Waals surface area contributed by atoms with Gasteiger partial charge < -0.3 is 10.5 Å². The quantitative estimate of drug-likeness (QED) is 0.744. The summed E-state index contributed by atoms with van der Waals surface area (Å²) in [7, 11) is 1.54. The van der Waals surface area contributed by atoms with Gasteiger partial charge in [0.15, 0.2) is 5.78 Å². The molecule has 3 N–H and O–H groups in total. The van der Waals surface area contributed by atoms with E-state index in [1.54, 1.807) is 31.5 Å². The minimum atomic E-state index is -0.684. The zero-order chi connectivity index (χ0) is 23.8. The molecule has 0 saturated carbocycles. The Morgan fingerprint density at radius 1 is 1.27 bits per heavy atom. The number of pyridine rings is 1. The number of nitrogens with one attached hydrogen (secondary N) is 1. The van der Waals surface area contributed by atoms with E-state index in [-0.39, 0.29) is 22.6 Å². The van der Waals surface area contributed by atoms with E-state index < -0.39 is 11.8 Å². The van der Waals surface area contributed by atoms with Crippen LogP contribution >= 0.6 is 0 Å². The van der Waals surface area contributed by atoms with Crippen LogP contribution in [-0.4, -0.2) is 28.8 Å². The number of allylic oxidation sites excluding steroid dienone is 3. The summed E-state index contributed by atoms with van der Waals surface area (Å²) in [5, 5.41) is 11.5. The van der Waals surface area contributed by atoms with Crippen LogP contribution in [-0.2, 0) is 4.79 Å². The number of rotatable bonds is 4. The third-order valence-electron chi connectivity index (χ3n) is 5.97. The zero-order valence-corrected chi connectivity index (χ0v) is 18.8. The largest absolute Gasteiger partial charge is 0.496 e. The van der Waals surface area contributed by atoms with Crippen LogP contribution in [0, 0.1) is 16.7 Å². The first kappa shape index (κ1) is 22.1. The van der Waals surface area contributed by atoms with Gasteiger partial charge in [0.25, 0.3) is 5.91 Å². The maximum Gasteiger partial charge on any atom is 0.271 e. The summed E-state index contributed by atoms with van der Waals surface area (Å²) in [4.78, 5) is 30.4. The monoisotopic (exact) mass is 443 g/mol. The Morgan fingerprint density at radius 2 is 2.03 bits per heavy atom. The molecule has 0 radical (unpaired) electrons. The highest BCUT2D eigenvalue weighted by Crippen LogP contribution is 2.49. The molecule has 1 amide bonds. The number of nitrogens with two attached hydrogens (primary N) is 1. The third-order valence-corrected chi connectivity index (χ3v) is 5.97. The molecule has 1 aromatic heterocycles. The fourth-order valence-corrected chi connectivity index (χ4v) is 4.52. The van der Waals surface area contributed by atoms with Gasteiger partial charge in [-0.3, -0.25) is 20.0 Å². The number of carbonyl (C=O) groups excluding carboxylic acids is 2. The zero-order valence-electron chi connectivity index (χ0n) is 18.8. The van der Waals surface area contributed by atoms with Gasteiger partial charge >= 0.3 is 0 Å². The predicted molar refractivity (Wildman–Crippen MR) is 121 cm³/mol. The van der Waals surface area contributed by atoms with E-state index in [0.29, 0.717) is 41.0 Å². The van der Waals surface area contributed by atoms with Gasteiger partial charge in [-0.15, -0.1) is 0 Å². The summed E-state index contributed by atoms with van der Waals surface area (Å²) in [6.07, 6.45) is 3.82. The molecular weight excluding hydrogens is 418 g/mol. The maximum absolute atomic E-state index is 13.5. The van der Waals surface area contributed by atoms with Gasteiger partial charge in [-0.1, -0.05) is 32.0 Å². The highest BCUT2D eigenvalue weighted by Gasteiger charge is 2.45. The molecule has 4 rings (SSSR count). The number of benzene rings is 1. The van der Waals surface area contributed by atoms with Crippen molar-refractivity contribution in [3.63, 3.8) is 0 Å². The van der Waals surface area contributed by atoms with E-state index in [4.69, 9.17) is 10.5 Å². The molecule has 1 unspecified atom stereocenters. The SMILES string of the molecule is COc1ccccc1C1C(C#N)=C(N)N(NC(=O)c2cccnc2)C2=C1C(=O)CC(C)(C)C2. The first-order valence-electron chi connectivity index (χ1n) is 10.6. The molecule has 2 aromatic rings. The van der Waals surface area contributed by atoms with Crippen LogP contribution in [0.5, 0.6) is 5.75 Å². The van der Waals surface area contributed by atoms with E-state index in [1.165, 1.54) is 11.2 Å². The van der Waals surface area contributed by atoms with Crippen molar-refractivity contribution < 1.29 is 14.3 Å². The number of methoxy groups -OCH3 is 1. The Balaban J connectivity index is 1.90. The van der Waals surface area contributed by atoms with E-state index in [9.17, 15) is 14.9 Å². The molecule has 8 nitrogen and oxygen atoms in total. The van der Waals surface area contributed by atoms with Crippen LogP contribution in [0.4, 0.5) is 0 Å². The maximum atomic E-state index is 13.5. The van der Waals surface area contributed by atoms with Gasteiger partial charge in [0.2, 0.25) is 0 Å². The molecular formula is C25H25N5O3. The molecule has 2 aliphatic rings. The smallest absolute Gasteiger partial charge is 0.271 e. The Labute approximate surface area is 192 Å². The van der Waals surface area contributed by atoms with Crippen LogP contribution in [0.15, 0.2) is 71.5 Å². The number of nitrogens with zero attached hydrogens (tertiary/aromatic N) is 3. The van der Waals surface area contributed by atoms with Crippen molar-refractivity contribution in [1.29, 1.82) is 5.26 Å². The number of aromatic nitrogens is 1. The van der Waals surface area contributed by atoms with Crippen LogP contribution < -0.4 is 15.9 Å². The molecule has 0 fully saturated rings. The summed E-state index contributed by atoms with van der Waals surface area (Å²) >= 11 is 0. The lowest BCUT2D eigenvalue weighted by atomic mass is 9.69. The van der Waals surface area contributed by atoms with Crippen LogP contribution in [0.3, 0.4) is 0 Å². The topological polar surface area (TPSA) is 121 Å². The van der Waals surface area contributed by atoms with Crippen molar-refractivity contribution in [2.45, 2.75) is 32.6 Å². The fraction of sp³-hybridized carbons (Fsp3) is 0.280. The molecule has 8 heteroatoms. The van der Waals surface area contributed by atoms with E-state index in [0.717, 1.165) is 0 Å². The van der Waals surface area contributed by atoms with Crippen LogP contribution in [0.1, 0.15) is 48.5 Å². The molecule has 2 heterocycles. The summed E-state index contributed by atoms with van der Waals surface area (Å²) in [6, 6.07) is 12.7. The van der Waals surface area contributed by atoms with Crippen molar-refractivity contribution in [3.05, 3.63) is 82.6 Å². The molecule has 0 saturated heterocycles. The van der Waals surface area contributed by atoms with Gasteiger partial charge in [-0.25, -0.2) is 5.01 Å². The number of Topliss-reactive ketones (excluding diaryl/α,β-unsaturated/α-hetero) is 1. The third kappa shape index (κ3) is 3.94. The highest BCUT2D eigenvalue weighted by atomic mass is 16.5. The number of carbonyl (C=O) groups is 2. The molecule has 168 valence electrons. The summed E-state index contributed by atoms with van der Waals surface area (Å²) in [5.74, 6) is -0.577. The molecule has 1 aromatic carbocycles. The number of ketones is 1. The molecule has 1 aliphatic carbocycles. The fourth-order valence-electron chi connectivity index (χ4n) is 4.52. The summed E-state index contributed by atoms with van der Waals surface area (Å²) < 4.78 is 5.53. The number of amides is 1. The van der Waals surface area contributed by atoms with E-state index in [1.807, 2.05) is 32.0 Å². The van der Waals surface area contributed by atoms with E-state index in [2.05, 4.69) is 16.5 Å². The highest BCUT2D eigenvalue weighted by molar-refractivity contribution is 6.01. The molecule has 1 atom stereocenters.